The lowest BCUT2D eigenvalue weighted by molar-refractivity contribution is 0.0995. The van der Waals surface area contributed by atoms with E-state index < -0.39 is 28.5 Å². The molecule has 0 spiro atoms. The molecule has 0 aliphatic rings. The molecule has 0 aromatic carbocycles. The number of carbonyl (C=O) groups is 2. The third-order valence-corrected chi connectivity index (χ3v) is 7.56. The molecule has 1 aromatic heterocycles. The summed E-state index contributed by atoms with van der Waals surface area (Å²) < 4.78 is 11.4. The Morgan fingerprint density at radius 3 is 2.43 bits per heavy atom. The molecule has 1 atom stereocenters. The summed E-state index contributed by atoms with van der Waals surface area (Å²) in [5, 5.41) is 1.68. The number of carbonyl (C=O) groups excluding carboxylic acids is 2. The van der Waals surface area contributed by atoms with Crippen molar-refractivity contribution in [3.8, 4) is 0 Å². The highest BCUT2D eigenvalue weighted by Gasteiger charge is 2.31. The highest BCUT2D eigenvalue weighted by molar-refractivity contribution is 8.72. The minimum absolute atomic E-state index is 0.0233. The third-order valence-electron chi connectivity index (χ3n) is 2.35. The smallest absolute Gasteiger partial charge is 0.364 e. The first kappa shape index (κ1) is 17.6. The molecule has 0 aliphatic carbocycles. The Morgan fingerprint density at radius 1 is 1.43 bits per heavy atom. The molecule has 1 aromatic rings. The maximum atomic E-state index is 12.0. The molecule has 1 unspecified atom stereocenters. The highest BCUT2D eigenvalue weighted by atomic mass is 32.8. The summed E-state index contributed by atoms with van der Waals surface area (Å²) >= 11 is 0. The van der Waals surface area contributed by atoms with Gasteiger partial charge in [0.25, 0.3) is 11.1 Å². The lowest BCUT2D eigenvalue weighted by Crippen LogP contribution is -2.16. The summed E-state index contributed by atoms with van der Waals surface area (Å²) in [5.41, 5.74) is 5.32. The number of amides is 2. The molecule has 1 rings (SSSR count). The molecule has 0 aliphatic heterocycles. The van der Waals surface area contributed by atoms with Gasteiger partial charge in [-0.15, -0.1) is 0 Å². The number of hydrogen-bond donors (Lipinski definition) is 5. The number of anilines is 1. The number of pyridine rings is 1. The van der Waals surface area contributed by atoms with E-state index in [1.165, 1.54) is 18.3 Å². The largest absolute Gasteiger partial charge is 0.372 e. The topological polar surface area (TPSA) is 143 Å². The standard InChI is InChI=1S/C11H18N3O5PS/c1-7(2)6-21(20(17,18)19)11(16)14-8-3-4-9(10(12)15)13-5-8/h3-5,7,21H,6H2,1-2H3,(H2,12,15)(H,14,16)(H2,17,18,19). The number of hydrogen-bond acceptors (Lipinski definition) is 4. The van der Waals surface area contributed by atoms with Gasteiger partial charge < -0.3 is 20.8 Å². The van der Waals surface area contributed by atoms with E-state index in [0.29, 0.717) is 0 Å². The van der Waals surface area contributed by atoms with Crippen LogP contribution in [0, 0.1) is 5.92 Å². The van der Waals surface area contributed by atoms with Crippen LogP contribution in [0.4, 0.5) is 10.5 Å². The summed E-state index contributed by atoms with van der Waals surface area (Å²) in [5.74, 6) is -0.604. The van der Waals surface area contributed by atoms with E-state index in [9.17, 15) is 23.9 Å². The van der Waals surface area contributed by atoms with E-state index in [4.69, 9.17) is 5.73 Å². The quantitative estimate of drug-likeness (QED) is 0.407. The highest BCUT2D eigenvalue weighted by Crippen LogP contribution is 2.64. The molecule has 2 amide bonds. The van der Waals surface area contributed by atoms with Gasteiger partial charge in [0.2, 0.25) is 0 Å². The van der Waals surface area contributed by atoms with Gasteiger partial charge in [-0.05, 0) is 23.8 Å². The summed E-state index contributed by atoms with van der Waals surface area (Å²) in [4.78, 5) is 45.2. The van der Waals surface area contributed by atoms with E-state index in [0.717, 1.165) is 0 Å². The minimum Gasteiger partial charge on any atom is -0.364 e. The molecule has 21 heavy (non-hydrogen) atoms. The van der Waals surface area contributed by atoms with Crippen molar-refractivity contribution in [2.75, 3.05) is 11.1 Å². The molecule has 0 bridgehead atoms. The summed E-state index contributed by atoms with van der Waals surface area (Å²) in [7, 11) is -2.15. The molecule has 0 fully saturated rings. The average molecular weight is 335 g/mol. The van der Waals surface area contributed by atoms with Gasteiger partial charge in [-0.1, -0.05) is 24.4 Å². The fourth-order valence-corrected chi connectivity index (χ4v) is 5.50. The van der Waals surface area contributed by atoms with Gasteiger partial charge in [0.1, 0.15) is 5.69 Å². The van der Waals surface area contributed by atoms with Crippen LogP contribution in [0.1, 0.15) is 24.3 Å². The molecular formula is C11H18N3O5PS. The third kappa shape index (κ3) is 5.47. The van der Waals surface area contributed by atoms with Crippen LogP contribution in [0.2, 0.25) is 0 Å². The zero-order chi connectivity index (χ0) is 16.2. The van der Waals surface area contributed by atoms with Crippen LogP contribution in [0.15, 0.2) is 18.3 Å². The number of thiol groups is 1. The van der Waals surface area contributed by atoms with E-state index >= 15 is 0 Å². The van der Waals surface area contributed by atoms with Crippen molar-refractivity contribution in [1.29, 1.82) is 0 Å². The monoisotopic (exact) mass is 335 g/mol. The summed E-state index contributed by atoms with van der Waals surface area (Å²) in [6, 6.07) is 2.72. The number of nitrogens with one attached hydrogen (secondary N) is 1. The maximum absolute atomic E-state index is 12.0. The number of nitrogens with zero attached hydrogens (tertiary/aromatic N) is 1. The van der Waals surface area contributed by atoms with Gasteiger partial charge in [-0.2, -0.15) is 0 Å². The Kier molecular flexibility index (Phi) is 5.91. The number of primary amides is 1. The fourth-order valence-electron chi connectivity index (χ4n) is 1.46. The zero-order valence-electron chi connectivity index (χ0n) is 11.6. The summed E-state index contributed by atoms with van der Waals surface area (Å²) in [6.07, 6.45) is 1.21. The molecule has 1 heterocycles. The fraction of sp³-hybridized carbons (Fsp3) is 0.364. The maximum Gasteiger partial charge on any atom is 0.372 e. The normalized spacial score (nSPS) is 13.9. The molecule has 0 radical (unpaired) electrons. The molecule has 118 valence electrons. The zero-order valence-corrected chi connectivity index (χ0v) is 13.3. The Morgan fingerprint density at radius 2 is 2.05 bits per heavy atom. The summed E-state index contributed by atoms with van der Waals surface area (Å²) in [6.45, 7) is -0.931. The SMILES string of the molecule is CC(C)C[SH](C(=O)Nc1ccc(C(N)=O)nc1)P(=O)(O)O. The van der Waals surface area contributed by atoms with E-state index in [1.807, 2.05) is 0 Å². The minimum atomic E-state index is -4.49. The first-order valence-corrected chi connectivity index (χ1v) is 9.86. The first-order chi connectivity index (χ1) is 9.61. The van der Waals surface area contributed by atoms with E-state index in [2.05, 4.69) is 10.3 Å². The molecule has 5 N–H and O–H groups in total. The van der Waals surface area contributed by atoms with Crippen molar-refractivity contribution in [3.05, 3.63) is 24.0 Å². The predicted molar refractivity (Wildman–Crippen MR) is 82.5 cm³/mol. The lowest BCUT2D eigenvalue weighted by Gasteiger charge is -2.23. The van der Waals surface area contributed by atoms with Crippen molar-refractivity contribution in [1.82, 2.24) is 4.98 Å². The van der Waals surface area contributed by atoms with Gasteiger partial charge in [0.15, 0.2) is 0 Å². The van der Waals surface area contributed by atoms with Crippen LogP contribution in [0.25, 0.3) is 0 Å². The van der Waals surface area contributed by atoms with Crippen LogP contribution in [0.3, 0.4) is 0 Å². The Hall–Kier alpha value is -1.41. The van der Waals surface area contributed by atoms with Crippen molar-refractivity contribution < 1.29 is 23.9 Å². The molecular weight excluding hydrogens is 317 g/mol. The van der Waals surface area contributed by atoms with Gasteiger partial charge in [-0.25, -0.2) is 9.55 Å². The second kappa shape index (κ2) is 7.04. The van der Waals surface area contributed by atoms with Gasteiger partial charge in [-0.3, -0.25) is 9.59 Å². The Labute approximate surface area is 124 Å². The van der Waals surface area contributed by atoms with Crippen molar-refractivity contribution in [2.45, 2.75) is 13.8 Å². The van der Waals surface area contributed by atoms with Crippen LogP contribution in [0.5, 0.6) is 0 Å². The lowest BCUT2D eigenvalue weighted by atomic mass is 10.3. The van der Waals surface area contributed by atoms with Gasteiger partial charge in [0, 0.05) is 0 Å². The average Bonchev–Trinajstić information content (AvgIpc) is 2.35. The van der Waals surface area contributed by atoms with Crippen LogP contribution >= 0.6 is 17.3 Å². The predicted octanol–water partition coefficient (Wildman–Crippen LogP) is 1.46. The van der Waals surface area contributed by atoms with Crippen LogP contribution in [-0.4, -0.2) is 31.7 Å². The number of nitrogens with two attached hydrogens (primary N) is 1. The molecule has 8 nitrogen and oxygen atoms in total. The van der Waals surface area contributed by atoms with Gasteiger partial charge in [0.05, 0.1) is 11.9 Å². The number of rotatable bonds is 5. The molecule has 0 saturated carbocycles. The van der Waals surface area contributed by atoms with E-state index in [1.54, 1.807) is 13.8 Å². The Balaban J connectivity index is 2.86. The molecule has 0 saturated heterocycles. The Bertz CT molecular complexity index is 572. The van der Waals surface area contributed by atoms with Gasteiger partial charge >= 0.3 is 6.80 Å². The van der Waals surface area contributed by atoms with Crippen LogP contribution in [-0.2, 0) is 4.57 Å². The van der Waals surface area contributed by atoms with Crippen molar-refractivity contribution >= 4 is 34.1 Å². The molecule has 10 heteroatoms. The second-order valence-electron chi connectivity index (χ2n) is 4.72. The van der Waals surface area contributed by atoms with Crippen molar-refractivity contribution in [3.63, 3.8) is 0 Å². The second-order valence-corrected chi connectivity index (χ2v) is 10.3. The van der Waals surface area contributed by atoms with E-state index in [-0.39, 0.29) is 23.1 Å². The number of aromatic nitrogens is 1. The van der Waals surface area contributed by atoms with Crippen LogP contribution < -0.4 is 11.1 Å². The first-order valence-electron chi connectivity index (χ1n) is 6.01. The van der Waals surface area contributed by atoms with Crippen molar-refractivity contribution in [2.24, 2.45) is 11.7 Å².